The zero-order valence-electron chi connectivity index (χ0n) is 10.5. The average Bonchev–Trinajstić information content (AvgIpc) is 2.85. The molecule has 0 aliphatic rings. The van der Waals surface area contributed by atoms with Gasteiger partial charge in [0.1, 0.15) is 17.1 Å². The van der Waals surface area contributed by atoms with E-state index in [9.17, 15) is 13.2 Å². The summed E-state index contributed by atoms with van der Waals surface area (Å²) in [5.74, 6) is -3.41. The maximum absolute atomic E-state index is 13.7. The summed E-state index contributed by atoms with van der Waals surface area (Å²) >= 11 is 0. The molecule has 0 atom stereocenters. The van der Waals surface area contributed by atoms with E-state index in [0.717, 1.165) is 4.68 Å². The Hall–Kier alpha value is -2.90. The van der Waals surface area contributed by atoms with Gasteiger partial charge in [-0.15, -0.1) is 0 Å². The molecular weight excluding hydrogens is 283 g/mol. The summed E-state index contributed by atoms with van der Waals surface area (Å²) in [4.78, 5) is 7.90. The first-order valence-corrected chi connectivity index (χ1v) is 5.82. The second-order valence-corrected chi connectivity index (χ2v) is 4.19. The molecule has 0 fully saturated rings. The molecule has 2 aromatic heterocycles. The van der Waals surface area contributed by atoms with E-state index in [1.807, 2.05) is 0 Å². The van der Waals surface area contributed by atoms with E-state index in [4.69, 9.17) is 5.73 Å². The molecule has 0 aliphatic heterocycles. The Balaban J connectivity index is 2.12. The zero-order valence-corrected chi connectivity index (χ0v) is 10.5. The Kier molecular flexibility index (Phi) is 3.05. The Morgan fingerprint density at radius 2 is 1.76 bits per heavy atom. The molecule has 1 aromatic carbocycles. The van der Waals surface area contributed by atoms with Crippen molar-refractivity contribution in [1.82, 2.24) is 19.7 Å². The highest BCUT2D eigenvalue weighted by atomic mass is 19.2. The predicted octanol–water partition coefficient (Wildman–Crippen LogP) is 2.33. The van der Waals surface area contributed by atoms with Gasteiger partial charge in [-0.1, -0.05) is 0 Å². The van der Waals surface area contributed by atoms with Crippen molar-refractivity contribution in [2.24, 2.45) is 0 Å². The smallest absolute Gasteiger partial charge is 0.161 e. The van der Waals surface area contributed by atoms with Crippen LogP contribution in [0.25, 0.3) is 17.1 Å². The lowest BCUT2D eigenvalue weighted by Gasteiger charge is -2.03. The molecule has 0 unspecified atom stereocenters. The summed E-state index contributed by atoms with van der Waals surface area (Å²) < 4.78 is 40.9. The minimum absolute atomic E-state index is 0.208. The molecule has 0 aliphatic carbocycles. The van der Waals surface area contributed by atoms with Gasteiger partial charge in [0.2, 0.25) is 0 Å². The second-order valence-electron chi connectivity index (χ2n) is 4.19. The number of nitrogen functional groups attached to an aromatic ring is 1. The van der Waals surface area contributed by atoms with Gasteiger partial charge in [-0.05, 0) is 0 Å². The first-order chi connectivity index (χ1) is 10.1. The summed E-state index contributed by atoms with van der Waals surface area (Å²) in [6.45, 7) is 0. The highest BCUT2D eigenvalue weighted by Crippen LogP contribution is 2.25. The summed E-state index contributed by atoms with van der Waals surface area (Å²) in [6, 6.07) is 1.15. The van der Waals surface area contributed by atoms with Crippen LogP contribution in [0.1, 0.15) is 0 Å². The van der Waals surface area contributed by atoms with E-state index in [1.165, 1.54) is 24.8 Å². The van der Waals surface area contributed by atoms with Crippen molar-refractivity contribution in [2.45, 2.75) is 0 Å². The third kappa shape index (κ3) is 2.31. The Labute approximate surface area is 116 Å². The summed E-state index contributed by atoms with van der Waals surface area (Å²) in [6.07, 6.45) is 5.65. The van der Waals surface area contributed by atoms with Crippen LogP contribution in [0.2, 0.25) is 0 Å². The van der Waals surface area contributed by atoms with Gasteiger partial charge in [0.05, 0.1) is 18.1 Å². The first-order valence-electron chi connectivity index (χ1n) is 5.82. The van der Waals surface area contributed by atoms with Crippen LogP contribution in [0.15, 0.2) is 36.9 Å². The number of hydrogen-bond acceptors (Lipinski definition) is 4. The van der Waals surface area contributed by atoms with Crippen molar-refractivity contribution in [1.29, 1.82) is 0 Å². The Bertz CT molecular complexity index is 801. The van der Waals surface area contributed by atoms with E-state index in [1.54, 1.807) is 0 Å². The standard InChI is InChI=1S/C13H8F3N5/c14-7-3-9(16)12(4-8(7)15)21-6-10(17)13(20-21)11-5-18-1-2-19-11/h1-6H,17H2. The van der Waals surface area contributed by atoms with E-state index < -0.39 is 17.5 Å². The molecule has 3 rings (SSSR count). The molecule has 2 N–H and O–H groups in total. The van der Waals surface area contributed by atoms with Crippen molar-refractivity contribution < 1.29 is 13.2 Å². The maximum atomic E-state index is 13.7. The van der Waals surface area contributed by atoms with Crippen LogP contribution >= 0.6 is 0 Å². The van der Waals surface area contributed by atoms with Crippen LogP contribution in [0.3, 0.4) is 0 Å². The number of nitrogens with zero attached hydrogens (tertiary/aromatic N) is 4. The van der Waals surface area contributed by atoms with Gasteiger partial charge in [0, 0.05) is 24.5 Å². The van der Waals surface area contributed by atoms with Crippen LogP contribution in [0.4, 0.5) is 18.9 Å². The molecule has 0 amide bonds. The molecule has 0 radical (unpaired) electrons. The SMILES string of the molecule is Nc1cn(-c2cc(F)c(F)cc2F)nc1-c1cnccn1. The van der Waals surface area contributed by atoms with Crippen LogP contribution in [-0.4, -0.2) is 19.7 Å². The predicted molar refractivity (Wildman–Crippen MR) is 68.9 cm³/mol. The summed E-state index contributed by atoms with van der Waals surface area (Å²) in [5, 5.41) is 4.04. The lowest BCUT2D eigenvalue weighted by molar-refractivity contribution is 0.491. The zero-order chi connectivity index (χ0) is 15.0. The van der Waals surface area contributed by atoms with Gasteiger partial charge in [-0.2, -0.15) is 5.10 Å². The number of hydrogen-bond donors (Lipinski definition) is 1. The highest BCUT2D eigenvalue weighted by Gasteiger charge is 2.16. The topological polar surface area (TPSA) is 69.6 Å². The van der Waals surface area contributed by atoms with Crippen LogP contribution in [-0.2, 0) is 0 Å². The van der Waals surface area contributed by atoms with E-state index in [2.05, 4.69) is 15.1 Å². The molecule has 21 heavy (non-hydrogen) atoms. The minimum Gasteiger partial charge on any atom is -0.396 e. The maximum Gasteiger partial charge on any atom is 0.161 e. The molecule has 0 spiro atoms. The van der Waals surface area contributed by atoms with Crippen molar-refractivity contribution in [3.8, 4) is 17.1 Å². The molecule has 2 heterocycles. The normalized spacial score (nSPS) is 10.8. The monoisotopic (exact) mass is 291 g/mol. The number of benzene rings is 1. The van der Waals surface area contributed by atoms with Crippen LogP contribution < -0.4 is 5.73 Å². The first kappa shape index (κ1) is 13.1. The number of rotatable bonds is 2. The van der Waals surface area contributed by atoms with Gasteiger partial charge in [0.15, 0.2) is 17.5 Å². The Morgan fingerprint density at radius 3 is 2.48 bits per heavy atom. The van der Waals surface area contributed by atoms with Crippen molar-refractivity contribution >= 4 is 5.69 Å². The highest BCUT2D eigenvalue weighted by molar-refractivity contribution is 5.68. The molecule has 8 heteroatoms. The fraction of sp³-hybridized carbons (Fsp3) is 0. The fourth-order valence-corrected chi connectivity index (χ4v) is 1.82. The minimum atomic E-state index is -1.27. The molecule has 0 saturated heterocycles. The lowest BCUT2D eigenvalue weighted by atomic mass is 10.3. The number of nitrogens with two attached hydrogens (primary N) is 1. The number of aromatic nitrogens is 4. The summed E-state index contributed by atoms with van der Waals surface area (Å²) in [7, 11) is 0. The summed E-state index contributed by atoms with van der Waals surface area (Å²) in [5.41, 5.74) is 6.40. The van der Waals surface area contributed by atoms with Crippen molar-refractivity contribution in [2.75, 3.05) is 5.73 Å². The van der Waals surface area contributed by atoms with Crippen molar-refractivity contribution in [3.05, 3.63) is 54.4 Å². The number of anilines is 1. The van der Waals surface area contributed by atoms with Gasteiger partial charge in [0.25, 0.3) is 0 Å². The number of halogens is 3. The molecule has 106 valence electrons. The van der Waals surface area contributed by atoms with Crippen LogP contribution in [0.5, 0.6) is 0 Å². The quantitative estimate of drug-likeness (QED) is 0.736. The largest absolute Gasteiger partial charge is 0.396 e. The van der Waals surface area contributed by atoms with Crippen LogP contribution in [0, 0.1) is 17.5 Å². The third-order valence-electron chi connectivity index (χ3n) is 2.78. The van der Waals surface area contributed by atoms with Crippen molar-refractivity contribution in [3.63, 3.8) is 0 Å². The Morgan fingerprint density at radius 1 is 1.00 bits per heavy atom. The molecule has 3 aromatic rings. The lowest BCUT2D eigenvalue weighted by Crippen LogP contribution is -2.01. The fourth-order valence-electron chi connectivity index (χ4n) is 1.82. The van der Waals surface area contributed by atoms with E-state index >= 15 is 0 Å². The second kappa shape index (κ2) is 4.89. The van der Waals surface area contributed by atoms with E-state index in [0.29, 0.717) is 17.8 Å². The molecule has 0 saturated carbocycles. The molecule has 0 bridgehead atoms. The molecular formula is C13H8F3N5. The average molecular weight is 291 g/mol. The van der Waals surface area contributed by atoms with Gasteiger partial charge in [-0.3, -0.25) is 9.97 Å². The van der Waals surface area contributed by atoms with E-state index in [-0.39, 0.29) is 17.1 Å². The van der Waals surface area contributed by atoms with Gasteiger partial charge in [-0.25, -0.2) is 17.9 Å². The third-order valence-corrected chi connectivity index (χ3v) is 2.78. The van der Waals surface area contributed by atoms with Gasteiger partial charge < -0.3 is 5.73 Å². The van der Waals surface area contributed by atoms with Gasteiger partial charge >= 0.3 is 0 Å². The molecule has 5 nitrogen and oxygen atoms in total.